The Morgan fingerprint density at radius 3 is 2.08 bits per heavy atom. The fourth-order valence-electron chi connectivity index (χ4n) is 1.33. The lowest BCUT2D eigenvalue weighted by molar-refractivity contribution is -0.149. The smallest absolute Gasteiger partial charge is 0.309 e. The first-order valence-electron chi connectivity index (χ1n) is 4.96. The molecule has 0 rings (SSSR count). The molecule has 0 aromatic rings. The molecule has 0 heterocycles. The Morgan fingerprint density at radius 2 is 1.77 bits per heavy atom. The highest BCUT2D eigenvalue weighted by Gasteiger charge is 2.19. The SMILES string of the molecule is CCCC(CCC)C(=O)OC(C)I. The lowest BCUT2D eigenvalue weighted by Gasteiger charge is -2.15. The van der Waals surface area contributed by atoms with Crippen molar-refractivity contribution in [3.63, 3.8) is 0 Å². The maximum Gasteiger partial charge on any atom is 0.309 e. The summed E-state index contributed by atoms with van der Waals surface area (Å²) in [7, 11) is 0. The van der Waals surface area contributed by atoms with E-state index in [1.807, 2.05) is 6.92 Å². The average molecular weight is 298 g/mol. The predicted molar refractivity (Wildman–Crippen MR) is 62.9 cm³/mol. The van der Waals surface area contributed by atoms with E-state index >= 15 is 0 Å². The molecule has 0 amide bonds. The van der Waals surface area contributed by atoms with E-state index in [9.17, 15) is 4.79 Å². The van der Waals surface area contributed by atoms with Crippen LogP contribution in [0.5, 0.6) is 0 Å². The van der Waals surface area contributed by atoms with Crippen molar-refractivity contribution in [1.82, 2.24) is 0 Å². The van der Waals surface area contributed by atoms with E-state index in [0.717, 1.165) is 25.7 Å². The molecule has 1 atom stereocenters. The van der Waals surface area contributed by atoms with Gasteiger partial charge in [-0.2, -0.15) is 0 Å². The summed E-state index contributed by atoms with van der Waals surface area (Å²) in [6.45, 7) is 6.08. The molecular weight excluding hydrogens is 279 g/mol. The van der Waals surface area contributed by atoms with E-state index in [-0.39, 0.29) is 16.0 Å². The number of esters is 1. The molecule has 0 aromatic heterocycles. The minimum atomic E-state index is -0.0226. The number of carbonyl (C=O) groups excluding carboxylic acids is 1. The Labute approximate surface area is 94.6 Å². The fourth-order valence-corrected chi connectivity index (χ4v) is 1.58. The number of hydrogen-bond acceptors (Lipinski definition) is 2. The highest BCUT2D eigenvalue weighted by molar-refractivity contribution is 14.1. The summed E-state index contributed by atoms with van der Waals surface area (Å²) in [5.74, 6) is 0.0952. The minimum Gasteiger partial charge on any atom is -0.452 e. The van der Waals surface area contributed by atoms with Gasteiger partial charge in [0.1, 0.15) is 4.11 Å². The van der Waals surface area contributed by atoms with Gasteiger partial charge in [0.2, 0.25) is 0 Å². The van der Waals surface area contributed by atoms with Crippen molar-refractivity contribution in [2.24, 2.45) is 5.92 Å². The molecule has 0 fully saturated rings. The van der Waals surface area contributed by atoms with Gasteiger partial charge >= 0.3 is 5.97 Å². The first-order valence-corrected chi connectivity index (χ1v) is 6.20. The second-order valence-corrected chi connectivity index (χ2v) is 5.01. The maximum atomic E-state index is 11.5. The predicted octanol–water partition coefficient (Wildman–Crippen LogP) is 3.53. The van der Waals surface area contributed by atoms with Gasteiger partial charge in [-0.15, -0.1) is 0 Å². The van der Waals surface area contributed by atoms with Gasteiger partial charge in [-0.3, -0.25) is 4.79 Å². The number of rotatable bonds is 6. The van der Waals surface area contributed by atoms with Crippen LogP contribution in [0.15, 0.2) is 0 Å². The summed E-state index contributed by atoms with van der Waals surface area (Å²) in [4.78, 5) is 11.5. The van der Waals surface area contributed by atoms with Crippen molar-refractivity contribution in [2.75, 3.05) is 0 Å². The first-order chi connectivity index (χ1) is 6.11. The van der Waals surface area contributed by atoms with Crippen LogP contribution in [0.4, 0.5) is 0 Å². The van der Waals surface area contributed by atoms with Crippen LogP contribution < -0.4 is 0 Å². The number of hydrogen-bond donors (Lipinski definition) is 0. The third-order valence-electron chi connectivity index (χ3n) is 1.89. The second-order valence-electron chi connectivity index (χ2n) is 3.25. The largest absolute Gasteiger partial charge is 0.452 e. The standard InChI is InChI=1S/C10H19IO2/c1-4-6-9(7-5-2)10(12)13-8(3)11/h8-9H,4-7H2,1-3H3. The third kappa shape index (κ3) is 6.29. The van der Waals surface area contributed by atoms with Crippen molar-refractivity contribution in [1.29, 1.82) is 0 Å². The van der Waals surface area contributed by atoms with Gasteiger partial charge in [0, 0.05) is 0 Å². The lowest BCUT2D eigenvalue weighted by atomic mass is 9.99. The van der Waals surface area contributed by atoms with Crippen LogP contribution >= 0.6 is 22.6 Å². The van der Waals surface area contributed by atoms with Gasteiger partial charge in [0.05, 0.1) is 5.92 Å². The molecule has 0 saturated carbocycles. The van der Waals surface area contributed by atoms with Gasteiger partial charge in [-0.05, 0) is 42.4 Å². The van der Waals surface area contributed by atoms with E-state index in [2.05, 4.69) is 36.4 Å². The Kier molecular flexibility index (Phi) is 7.71. The Hall–Kier alpha value is 0.200. The summed E-state index contributed by atoms with van der Waals surface area (Å²) in [5.41, 5.74) is 0. The monoisotopic (exact) mass is 298 g/mol. The molecule has 0 N–H and O–H groups in total. The van der Waals surface area contributed by atoms with Gasteiger partial charge in [-0.1, -0.05) is 26.7 Å². The molecule has 78 valence electrons. The summed E-state index contributed by atoms with van der Waals surface area (Å²) in [5, 5.41) is 0. The van der Waals surface area contributed by atoms with Crippen LogP contribution in [-0.4, -0.2) is 10.1 Å². The first kappa shape index (κ1) is 13.2. The molecule has 0 radical (unpaired) electrons. The van der Waals surface area contributed by atoms with Crippen molar-refractivity contribution in [3.05, 3.63) is 0 Å². The number of carbonyl (C=O) groups is 1. The molecular formula is C10H19IO2. The van der Waals surface area contributed by atoms with Gasteiger partial charge in [-0.25, -0.2) is 0 Å². The number of ether oxygens (including phenoxy) is 1. The summed E-state index contributed by atoms with van der Waals surface area (Å²) < 4.78 is 5.15. The Balaban J connectivity index is 3.95. The van der Waals surface area contributed by atoms with E-state index in [1.54, 1.807) is 0 Å². The fraction of sp³-hybridized carbons (Fsp3) is 0.900. The summed E-state index contributed by atoms with van der Waals surface area (Å²) in [6.07, 6.45) is 4.01. The van der Waals surface area contributed by atoms with Crippen molar-refractivity contribution < 1.29 is 9.53 Å². The van der Waals surface area contributed by atoms with Crippen LogP contribution in [0.2, 0.25) is 0 Å². The molecule has 13 heavy (non-hydrogen) atoms. The van der Waals surface area contributed by atoms with E-state index in [1.165, 1.54) is 0 Å². The van der Waals surface area contributed by atoms with Crippen molar-refractivity contribution in [3.8, 4) is 0 Å². The Bertz CT molecular complexity index is 140. The minimum absolute atomic E-state index is 0.0127. The zero-order valence-electron chi connectivity index (χ0n) is 8.68. The highest BCUT2D eigenvalue weighted by Crippen LogP contribution is 2.17. The van der Waals surface area contributed by atoms with Gasteiger partial charge in [0.15, 0.2) is 0 Å². The van der Waals surface area contributed by atoms with Crippen LogP contribution in [0.25, 0.3) is 0 Å². The molecule has 0 aromatic carbocycles. The quantitative estimate of drug-likeness (QED) is 0.426. The van der Waals surface area contributed by atoms with E-state index < -0.39 is 0 Å². The van der Waals surface area contributed by atoms with Crippen LogP contribution in [0, 0.1) is 5.92 Å². The molecule has 0 aliphatic rings. The van der Waals surface area contributed by atoms with E-state index in [4.69, 9.17) is 4.74 Å². The number of alkyl halides is 1. The zero-order valence-corrected chi connectivity index (χ0v) is 10.8. The molecule has 0 aliphatic heterocycles. The van der Waals surface area contributed by atoms with Crippen LogP contribution in [-0.2, 0) is 9.53 Å². The van der Waals surface area contributed by atoms with Crippen LogP contribution in [0.3, 0.4) is 0 Å². The normalized spacial score (nSPS) is 13.0. The molecule has 3 heteroatoms. The molecule has 0 bridgehead atoms. The molecule has 0 saturated heterocycles. The topological polar surface area (TPSA) is 26.3 Å². The highest BCUT2D eigenvalue weighted by atomic mass is 127. The summed E-state index contributed by atoms with van der Waals surface area (Å²) >= 11 is 2.10. The molecule has 0 aliphatic carbocycles. The zero-order chi connectivity index (χ0) is 10.3. The maximum absolute atomic E-state index is 11.5. The third-order valence-corrected chi connectivity index (χ3v) is 2.14. The van der Waals surface area contributed by atoms with Crippen LogP contribution in [0.1, 0.15) is 46.5 Å². The second kappa shape index (κ2) is 7.59. The molecule has 0 spiro atoms. The van der Waals surface area contributed by atoms with Crippen molar-refractivity contribution >= 4 is 28.6 Å². The van der Waals surface area contributed by atoms with Crippen molar-refractivity contribution in [2.45, 2.75) is 50.6 Å². The molecule has 2 nitrogen and oxygen atoms in total. The van der Waals surface area contributed by atoms with Gasteiger partial charge < -0.3 is 4.74 Å². The van der Waals surface area contributed by atoms with Gasteiger partial charge in [0.25, 0.3) is 0 Å². The average Bonchev–Trinajstić information content (AvgIpc) is 2.02. The number of halogens is 1. The summed E-state index contributed by atoms with van der Waals surface area (Å²) in [6, 6.07) is 0. The molecule has 1 unspecified atom stereocenters. The van der Waals surface area contributed by atoms with E-state index in [0.29, 0.717) is 0 Å². The Morgan fingerprint density at radius 1 is 1.31 bits per heavy atom. The lowest BCUT2D eigenvalue weighted by Crippen LogP contribution is -2.19.